The van der Waals surface area contributed by atoms with Crippen LogP contribution in [0.15, 0.2) is 18.6 Å². The van der Waals surface area contributed by atoms with Gasteiger partial charge in [-0.1, -0.05) is 66.7 Å². The maximum atomic E-state index is 14.6. The monoisotopic (exact) mass is 693 g/mol. The number of nitrogens with zero attached hydrogens (tertiary/aromatic N) is 3. The summed E-state index contributed by atoms with van der Waals surface area (Å²) in [7, 11) is 0. The van der Waals surface area contributed by atoms with E-state index in [1.54, 1.807) is 4.90 Å². The Labute approximate surface area is 295 Å². The summed E-state index contributed by atoms with van der Waals surface area (Å²) in [6.07, 6.45) is 13.0. The van der Waals surface area contributed by atoms with E-state index in [2.05, 4.69) is 31.2 Å². The summed E-state index contributed by atoms with van der Waals surface area (Å²) < 4.78 is 0. The van der Waals surface area contributed by atoms with Crippen molar-refractivity contribution in [2.75, 3.05) is 6.54 Å². The zero-order valence-electron chi connectivity index (χ0n) is 30.2. The molecule has 274 valence electrons. The van der Waals surface area contributed by atoms with Crippen LogP contribution in [-0.4, -0.2) is 86.9 Å². The quantitative estimate of drug-likeness (QED) is 0.215. The third kappa shape index (κ3) is 9.66. The lowest BCUT2D eigenvalue weighted by Crippen LogP contribution is -2.62. The number of likely N-dealkylation sites (tertiary alicyclic amines) is 1. The Bertz CT molecular complexity index is 1410. The first kappa shape index (κ1) is 37.4. The van der Waals surface area contributed by atoms with Crippen molar-refractivity contribution in [2.24, 2.45) is 29.1 Å². The molecule has 1 aromatic rings. The van der Waals surface area contributed by atoms with E-state index in [-0.39, 0.29) is 35.4 Å². The van der Waals surface area contributed by atoms with Gasteiger partial charge in [-0.15, -0.1) is 0 Å². The molecule has 3 aliphatic carbocycles. The summed E-state index contributed by atoms with van der Waals surface area (Å²) in [5.41, 5.74) is -0.653. The number of hydrogen-bond donors (Lipinski definition) is 4. The minimum absolute atomic E-state index is 0.0149. The Kier molecular flexibility index (Phi) is 11.9. The molecule has 0 spiro atoms. The van der Waals surface area contributed by atoms with Crippen molar-refractivity contribution in [1.82, 2.24) is 36.1 Å². The number of carbonyl (C=O) groups is 6. The normalized spacial score (nSPS) is 23.0. The van der Waals surface area contributed by atoms with Crippen molar-refractivity contribution < 1.29 is 28.8 Å². The molecule has 5 atom stereocenters. The summed E-state index contributed by atoms with van der Waals surface area (Å²) in [4.78, 5) is 91.6. The minimum Gasteiger partial charge on any atom is -0.347 e. The Balaban J connectivity index is 1.35. The largest absolute Gasteiger partial charge is 0.347 e. The fourth-order valence-electron chi connectivity index (χ4n) is 7.22. The van der Waals surface area contributed by atoms with Crippen LogP contribution >= 0.6 is 0 Å². The second-order valence-electron chi connectivity index (χ2n) is 16.3. The number of aromatic nitrogens is 2. The maximum absolute atomic E-state index is 14.6. The van der Waals surface area contributed by atoms with Crippen LogP contribution in [0.4, 0.5) is 0 Å². The van der Waals surface area contributed by atoms with Crippen molar-refractivity contribution in [3.05, 3.63) is 24.3 Å². The molecule has 4 fully saturated rings. The molecule has 0 aromatic carbocycles. The zero-order valence-corrected chi connectivity index (χ0v) is 30.2. The van der Waals surface area contributed by atoms with Gasteiger partial charge >= 0.3 is 0 Å². The molecule has 13 heteroatoms. The third-order valence-electron chi connectivity index (χ3n) is 10.8. The van der Waals surface area contributed by atoms with Gasteiger partial charge in [0.05, 0.1) is 12.2 Å². The van der Waals surface area contributed by atoms with Gasteiger partial charge in [0.1, 0.15) is 23.8 Å². The van der Waals surface area contributed by atoms with E-state index in [9.17, 15) is 28.8 Å². The van der Waals surface area contributed by atoms with Gasteiger partial charge in [0.25, 0.3) is 11.8 Å². The molecule has 13 nitrogen and oxygen atoms in total. The van der Waals surface area contributed by atoms with Gasteiger partial charge in [-0.2, -0.15) is 0 Å². The average molecular weight is 694 g/mol. The van der Waals surface area contributed by atoms with Crippen molar-refractivity contribution >= 4 is 35.3 Å². The summed E-state index contributed by atoms with van der Waals surface area (Å²) >= 11 is 0. The van der Waals surface area contributed by atoms with Gasteiger partial charge in [0, 0.05) is 25.0 Å². The van der Waals surface area contributed by atoms with E-state index in [0.29, 0.717) is 19.4 Å². The average Bonchev–Trinajstić information content (AvgIpc) is 4.03. The van der Waals surface area contributed by atoms with E-state index >= 15 is 0 Å². The predicted octanol–water partition coefficient (Wildman–Crippen LogP) is 2.69. The Morgan fingerprint density at radius 1 is 0.880 bits per heavy atom. The van der Waals surface area contributed by atoms with Gasteiger partial charge in [0.2, 0.25) is 23.5 Å². The van der Waals surface area contributed by atoms with E-state index < -0.39 is 64.9 Å². The first-order valence-electron chi connectivity index (χ1n) is 18.6. The van der Waals surface area contributed by atoms with Crippen LogP contribution in [0.5, 0.6) is 0 Å². The lowest BCUT2D eigenvalue weighted by molar-refractivity contribution is -0.145. The molecule has 0 radical (unpaired) electrons. The highest BCUT2D eigenvalue weighted by molar-refractivity contribution is 6.38. The number of Topliss-reactive ketones (excluding diaryl/α,β-unsaturated/α-hetero) is 1. The molecule has 2 heterocycles. The zero-order chi connectivity index (χ0) is 36.2. The third-order valence-corrected chi connectivity index (χ3v) is 10.8. The molecule has 50 heavy (non-hydrogen) atoms. The standard InChI is InChI=1S/C37H55N7O6/c1-21(2)24-18-28(33(47)41-26(17-22-11-12-22)30(45)35(49)40-25-13-14-25)44(20-24)36(50)31(37(3,4)5)43-34(48)29(23-9-7-6-8-10-23)42-32(46)27-19-38-15-16-39-27/h15-16,19,21-26,28-29,31H,6-14,17-18,20H2,1-5H3,(H,40,49)(H,41,47)(H,42,46)(H,43,48)/t24?,26?,28-,29-,31+/m0/s1. The fraction of sp³-hybridized carbons (Fsp3) is 0.730. The van der Waals surface area contributed by atoms with Crippen LogP contribution < -0.4 is 21.3 Å². The van der Waals surface area contributed by atoms with E-state index in [4.69, 9.17) is 0 Å². The van der Waals surface area contributed by atoms with Crippen molar-refractivity contribution in [1.29, 1.82) is 0 Å². The van der Waals surface area contributed by atoms with Gasteiger partial charge in [-0.05, 0) is 67.6 Å². The minimum atomic E-state index is -1.01. The summed E-state index contributed by atoms with van der Waals surface area (Å²) in [5.74, 6) is -2.81. The molecule has 3 saturated carbocycles. The molecule has 1 aromatic heterocycles. The molecule has 1 saturated heterocycles. The Morgan fingerprint density at radius 3 is 2.16 bits per heavy atom. The first-order valence-corrected chi connectivity index (χ1v) is 18.6. The van der Waals surface area contributed by atoms with Crippen LogP contribution in [-0.2, 0) is 24.0 Å². The number of ketones is 1. The van der Waals surface area contributed by atoms with Crippen LogP contribution in [0, 0.1) is 29.1 Å². The number of amides is 5. The van der Waals surface area contributed by atoms with Crippen molar-refractivity contribution in [3.63, 3.8) is 0 Å². The molecule has 2 unspecified atom stereocenters. The van der Waals surface area contributed by atoms with Gasteiger partial charge in [-0.3, -0.25) is 33.8 Å². The SMILES string of the molecule is CC(C)C1C[C@@H](C(=O)NC(CC2CC2)C(=O)C(=O)NC2CC2)N(C(=O)[C@@H](NC(=O)[C@@H](NC(=O)c2cnccn2)C2CCCCC2)C(C)(C)C)C1. The highest BCUT2D eigenvalue weighted by Gasteiger charge is 2.47. The molecule has 4 aliphatic rings. The lowest BCUT2D eigenvalue weighted by atomic mass is 9.82. The fourth-order valence-corrected chi connectivity index (χ4v) is 7.22. The molecule has 1 aliphatic heterocycles. The maximum Gasteiger partial charge on any atom is 0.289 e. The lowest BCUT2D eigenvalue weighted by Gasteiger charge is -2.37. The number of hydrogen-bond acceptors (Lipinski definition) is 8. The smallest absolute Gasteiger partial charge is 0.289 e. The molecule has 0 bridgehead atoms. The number of rotatable bonds is 14. The highest BCUT2D eigenvalue weighted by Crippen LogP contribution is 2.35. The van der Waals surface area contributed by atoms with Crippen LogP contribution in [0.3, 0.4) is 0 Å². The van der Waals surface area contributed by atoms with Crippen molar-refractivity contribution in [2.45, 2.75) is 135 Å². The number of carbonyl (C=O) groups excluding carboxylic acids is 6. The van der Waals surface area contributed by atoms with Crippen LogP contribution in [0.2, 0.25) is 0 Å². The first-order chi connectivity index (χ1) is 23.7. The molecule has 5 amide bonds. The second-order valence-corrected chi connectivity index (χ2v) is 16.3. The van der Waals surface area contributed by atoms with Crippen LogP contribution in [0.1, 0.15) is 116 Å². The summed E-state index contributed by atoms with van der Waals surface area (Å²) in [5, 5.41) is 11.5. The van der Waals surface area contributed by atoms with E-state index in [1.165, 1.54) is 18.6 Å². The van der Waals surface area contributed by atoms with Gasteiger partial charge < -0.3 is 26.2 Å². The predicted molar refractivity (Wildman–Crippen MR) is 185 cm³/mol. The highest BCUT2D eigenvalue weighted by atomic mass is 16.2. The Morgan fingerprint density at radius 2 is 1.58 bits per heavy atom. The summed E-state index contributed by atoms with van der Waals surface area (Å²) in [6, 6.07) is -3.72. The number of nitrogens with one attached hydrogen (secondary N) is 4. The van der Waals surface area contributed by atoms with Gasteiger partial charge in [0.15, 0.2) is 0 Å². The summed E-state index contributed by atoms with van der Waals surface area (Å²) in [6.45, 7) is 9.99. The van der Waals surface area contributed by atoms with Crippen LogP contribution in [0.25, 0.3) is 0 Å². The second kappa shape index (κ2) is 16.0. The van der Waals surface area contributed by atoms with E-state index in [0.717, 1.165) is 57.8 Å². The molecule has 5 rings (SSSR count). The topological polar surface area (TPSA) is 180 Å². The molecule has 4 N–H and O–H groups in total. The Hall–Kier alpha value is -3.90. The molecular formula is C37H55N7O6. The molecular weight excluding hydrogens is 638 g/mol. The van der Waals surface area contributed by atoms with Gasteiger partial charge in [-0.25, -0.2) is 4.98 Å². The van der Waals surface area contributed by atoms with E-state index in [1.807, 2.05) is 34.6 Å². The van der Waals surface area contributed by atoms with Crippen molar-refractivity contribution in [3.8, 4) is 0 Å².